The van der Waals surface area contributed by atoms with E-state index in [0.717, 1.165) is 25.1 Å². The Hall–Kier alpha value is -3.23. The summed E-state index contributed by atoms with van der Waals surface area (Å²) in [6, 6.07) is 16.3. The second-order valence-electron chi connectivity index (χ2n) is 7.26. The lowest BCUT2D eigenvalue weighted by atomic mass is 10.1. The number of alkyl halides is 3. The topological polar surface area (TPSA) is 70.7 Å². The normalized spacial score (nSPS) is 12.9. The number of nitrogens with one attached hydrogen (secondary N) is 2. The first-order valence-corrected chi connectivity index (χ1v) is 9.95. The summed E-state index contributed by atoms with van der Waals surface area (Å²) in [7, 11) is 0. The number of halogens is 3. The fraction of sp³-hybridized carbons (Fsp3) is 0.364. The fourth-order valence-corrected chi connectivity index (χ4v) is 3.32. The standard InChI is InChI=1S/C22H24F3N3O3/c23-22(24,25)15-31-21(30)26-11-9-20(29)27-13-16-5-7-17(8-6-16)14-28-12-10-18-3-1-2-4-19(18)28/h1-8H,9-15H2,(H,26,30)(H,27,29). The zero-order chi connectivity index (χ0) is 22.3. The van der Waals surface area contributed by atoms with Gasteiger partial charge in [-0.2, -0.15) is 13.2 Å². The minimum atomic E-state index is -4.58. The van der Waals surface area contributed by atoms with Crippen molar-refractivity contribution < 1.29 is 27.5 Å². The van der Waals surface area contributed by atoms with E-state index in [1.165, 1.54) is 16.8 Å². The molecule has 0 unspecified atom stereocenters. The third kappa shape index (κ3) is 7.20. The predicted octanol–water partition coefficient (Wildman–Crippen LogP) is 3.54. The molecule has 31 heavy (non-hydrogen) atoms. The van der Waals surface area contributed by atoms with Crippen LogP contribution in [0.5, 0.6) is 0 Å². The maximum atomic E-state index is 11.9. The highest BCUT2D eigenvalue weighted by molar-refractivity contribution is 5.77. The quantitative estimate of drug-likeness (QED) is 0.666. The summed E-state index contributed by atoms with van der Waals surface area (Å²) in [5.74, 6) is -0.325. The molecule has 0 spiro atoms. The summed E-state index contributed by atoms with van der Waals surface area (Å²) < 4.78 is 39.8. The van der Waals surface area contributed by atoms with Gasteiger partial charge in [-0.3, -0.25) is 4.79 Å². The highest BCUT2D eigenvalue weighted by Crippen LogP contribution is 2.28. The smallest absolute Gasteiger partial charge is 0.422 e. The van der Waals surface area contributed by atoms with Crippen molar-refractivity contribution in [1.29, 1.82) is 0 Å². The van der Waals surface area contributed by atoms with E-state index in [1.807, 2.05) is 30.3 Å². The van der Waals surface area contributed by atoms with E-state index in [4.69, 9.17) is 0 Å². The van der Waals surface area contributed by atoms with Gasteiger partial charge in [-0.25, -0.2) is 4.79 Å². The molecule has 2 aromatic carbocycles. The second kappa shape index (κ2) is 10.2. The molecule has 0 bridgehead atoms. The molecule has 0 aromatic heterocycles. The van der Waals surface area contributed by atoms with Crippen molar-refractivity contribution in [3.05, 3.63) is 65.2 Å². The van der Waals surface area contributed by atoms with Crippen molar-refractivity contribution in [3.63, 3.8) is 0 Å². The van der Waals surface area contributed by atoms with E-state index in [9.17, 15) is 22.8 Å². The summed E-state index contributed by atoms with van der Waals surface area (Å²) in [6.07, 6.45) is -4.80. The summed E-state index contributed by atoms with van der Waals surface area (Å²) in [6.45, 7) is 0.364. The van der Waals surface area contributed by atoms with Crippen molar-refractivity contribution in [2.45, 2.75) is 32.1 Å². The number of anilines is 1. The number of alkyl carbamates (subject to hydrolysis) is 1. The molecule has 2 amide bonds. The monoisotopic (exact) mass is 435 g/mol. The molecule has 9 heteroatoms. The number of benzene rings is 2. The Morgan fingerprint density at radius 3 is 2.45 bits per heavy atom. The number of para-hydroxylation sites is 1. The van der Waals surface area contributed by atoms with Crippen LogP contribution >= 0.6 is 0 Å². The van der Waals surface area contributed by atoms with Gasteiger partial charge in [0, 0.05) is 38.3 Å². The van der Waals surface area contributed by atoms with Gasteiger partial charge in [0.1, 0.15) is 0 Å². The number of ether oxygens (including phenoxy) is 1. The SMILES string of the molecule is O=C(CCNC(=O)OCC(F)(F)F)NCc1ccc(CN2CCc3ccccc32)cc1. The van der Waals surface area contributed by atoms with Gasteiger partial charge < -0.3 is 20.3 Å². The molecule has 0 fully saturated rings. The van der Waals surface area contributed by atoms with Crippen molar-refractivity contribution in [2.24, 2.45) is 0 Å². The van der Waals surface area contributed by atoms with E-state index in [1.54, 1.807) is 0 Å². The molecule has 166 valence electrons. The molecule has 1 heterocycles. The van der Waals surface area contributed by atoms with Crippen molar-refractivity contribution in [3.8, 4) is 0 Å². The van der Waals surface area contributed by atoms with Crippen LogP contribution in [0.2, 0.25) is 0 Å². The predicted molar refractivity (Wildman–Crippen MR) is 110 cm³/mol. The molecule has 1 aliphatic heterocycles. The van der Waals surface area contributed by atoms with Crippen LogP contribution in [0, 0.1) is 0 Å². The van der Waals surface area contributed by atoms with Crippen LogP contribution in [-0.2, 0) is 29.0 Å². The number of fused-ring (bicyclic) bond motifs is 1. The minimum Gasteiger partial charge on any atom is -0.440 e. The van der Waals surface area contributed by atoms with Crippen molar-refractivity contribution in [1.82, 2.24) is 10.6 Å². The van der Waals surface area contributed by atoms with Crippen LogP contribution in [0.4, 0.5) is 23.7 Å². The first-order chi connectivity index (χ1) is 14.8. The Bertz CT molecular complexity index is 901. The van der Waals surface area contributed by atoms with Crippen molar-refractivity contribution in [2.75, 3.05) is 24.6 Å². The zero-order valence-electron chi connectivity index (χ0n) is 16.9. The molecule has 0 radical (unpaired) electrons. The van der Waals surface area contributed by atoms with Gasteiger partial charge in [-0.15, -0.1) is 0 Å². The minimum absolute atomic E-state index is 0.0619. The Morgan fingerprint density at radius 1 is 1.00 bits per heavy atom. The Morgan fingerprint density at radius 2 is 1.71 bits per heavy atom. The van der Waals surface area contributed by atoms with Gasteiger partial charge in [-0.05, 0) is 29.2 Å². The summed E-state index contributed by atoms with van der Waals surface area (Å²) in [4.78, 5) is 25.3. The number of carbonyl (C=O) groups is 2. The fourth-order valence-electron chi connectivity index (χ4n) is 3.32. The highest BCUT2D eigenvalue weighted by Gasteiger charge is 2.29. The number of hydrogen-bond donors (Lipinski definition) is 2. The summed E-state index contributed by atoms with van der Waals surface area (Å²) in [5.41, 5.74) is 4.74. The van der Waals surface area contributed by atoms with Crippen LogP contribution in [0.3, 0.4) is 0 Å². The second-order valence-corrected chi connectivity index (χ2v) is 7.26. The van der Waals surface area contributed by atoms with Crippen LogP contribution in [0.25, 0.3) is 0 Å². The van der Waals surface area contributed by atoms with Crippen LogP contribution in [-0.4, -0.2) is 37.9 Å². The third-order valence-electron chi connectivity index (χ3n) is 4.86. The summed E-state index contributed by atoms with van der Waals surface area (Å²) >= 11 is 0. The average molecular weight is 435 g/mol. The number of amides is 2. The van der Waals surface area contributed by atoms with E-state index >= 15 is 0 Å². The van der Waals surface area contributed by atoms with Gasteiger partial charge in [0.15, 0.2) is 6.61 Å². The zero-order valence-corrected chi connectivity index (χ0v) is 16.9. The number of nitrogens with zero attached hydrogens (tertiary/aromatic N) is 1. The molecule has 1 aliphatic rings. The molecule has 0 saturated heterocycles. The van der Waals surface area contributed by atoms with E-state index in [-0.39, 0.29) is 18.9 Å². The van der Waals surface area contributed by atoms with Gasteiger partial charge in [0.2, 0.25) is 5.91 Å². The first-order valence-electron chi connectivity index (χ1n) is 9.95. The van der Waals surface area contributed by atoms with E-state index < -0.39 is 18.9 Å². The molecule has 2 N–H and O–H groups in total. The molecule has 2 aromatic rings. The van der Waals surface area contributed by atoms with Crippen LogP contribution < -0.4 is 15.5 Å². The lowest BCUT2D eigenvalue weighted by Crippen LogP contribution is -2.32. The number of rotatable bonds is 8. The molecule has 0 atom stereocenters. The Balaban J connectivity index is 1.36. The molecule has 0 saturated carbocycles. The first kappa shape index (κ1) is 22.5. The Labute approximate surface area is 178 Å². The van der Waals surface area contributed by atoms with Gasteiger partial charge in [0.05, 0.1) is 0 Å². The molecule has 0 aliphatic carbocycles. The van der Waals surface area contributed by atoms with Crippen LogP contribution in [0.1, 0.15) is 23.1 Å². The summed E-state index contributed by atoms with van der Waals surface area (Å²) in [5, 5.41) is 4.82. The van der Waals surface area contributed by atoms with Crippen molar-refractivity contribution >= 4 is 17.7 Å². The maximum Gasteiger partial charge on any atom is 0.422 e. The average Bonchev–Trinajstić information content (AvgIpc) is 3.14. The number of carbonyl (C=O) groups excluding carboxylic acids is 2. The molecular formula is C22H24F3N3O3. The number of hydrogen-bond acceptors (Lipinski definition) is 4. The lowest BCUT2D eigenvalue weighted by molar-refractivity contribution is -0.160. The molecular weight excluding hydrogens is 411 g/mol. The van der Waals surface area contributed by atoms with Gasteiger partial charge in [0.25, 0.3) is 0 Å². The van der Waals surface area contributed by atoms with E-state index in [0.29, 0.717) is 6.54 Å². The maximum absolute atomic E-state index is 11.9. The van der Waals surface area contributed by atoms with Gasteiger partial charge in [-0.1, -0.05) is 42.5 Å². The van der Waals surface area contributed by atoms with E-state index in [2.05, 4.69) is 38.5 Å². The largest absolute Gasteiger partial charge is 0.440 e. The third-order valence-corrected chi connectivity index (χ3v) is 4.86. The highest BCUT2D eigenvalue weighted by atomic mass is 19.4. The molecule has 3 rings (SSSR count). The van der Waals surface area contributed by atoms with Gasteiger partial charge >= 0.3 is 12.3 Å². The molecule has 6 nitrogen and oxygen atoms in total. The lowest BCUT2D eigenvalue weighted by Gasteiger charge is -2.19. The Kier molecular flexibility index (Phi) is 7.38. The van der Waals surface area contributed by atoms with Crippen LogP contribution in [0.15, 0.2) is 48.5 Å².